The first-order valence-electron chi connectivity index (χ1n) is 8.17. The van der Waals surface area contributed by atoms with Gasteiger partial charge in [0.1, 0.15) is 17.2 Å². The molecule has 1 aliphatic heterocycles. The van der Waals surface area contributed by atoms with Crippen molar-refractivity contribution in [2.75, 3.05) is 31.1 Å². The fourth-order valence-corrected chi connectivity index (χ4v) is 3.27. The molecule has 24 heavy (non-hydrogen) atoms. The second-order valence-corrected chi connectivity index (χ2v) is 6.00. The van der Waals surface area contributed by atoms with Gasteiger partial charge in [-0.2, -0.15) is 0 Å². The first-order valence-corrected chi connectivity index (χ1v) is 8.17. The highest BCUT2D eigenvalue weighted by molar-refractivity contribution is 6.07. The monoisotopic (exact) mass is 321 g/mol. The number of piperazine rings is 1. The third-order valence-electron chi connectivity index (χ3n) is 4.53. The number of fused-ring (bicyclic) bond motifs is 1. The molecule has 1 aliphatic rings. The van der Waals surface area contributed by atoms with E-state index in [-0.39, 0.29) is 5.91 Å². The van der Waals surface area contributed by atoms with Crippen molar-refractivity contribution in [1.82, 2.24) is 9.88 Å². The summed E-state index contributed by atoms with van der Waals surface area (Å²) in [6.07, 6.45) is 1.80. The van der Waals surface area contributed by atoms with E-state index in [1.54, 1.807) is 6.20 Å². The second-order valence-electron chi connectivity index (χ2n) is 6.00. The Morgan fingerprint density at radius 3 is 2.54 bits per heavy atom. The molecule has 0 unspecified atom stereocenters. The maximum absolute atomic E-state index is 13.0. The summed E-state index contributed by atoms with van der Waals surface area (Å²) >= 11 is 0. The van der Waals surface area contributed by atoms with Crippen LogP contribution in [0, 0.1) is 6.92 Å². The molecule has 5 nitrogen and oxygen atoms in total. The van der Waals surface area contributed by atoms with Crippen molar-refractivity contribution in [3.63, 3.8) is 0 Å². The van der Waals surface area contributed by atoms with Crippen molar-refractivity contribution < 1.29 is 9.21 Å². The first-order chi connectivity index (χ1) is 11.7. The van der Waals surface area contributed by atoms with Gasteiger partial charge in [0.25, 0.3) is 5.91 Å². The molecule has 0 aliphatic carbocycles. The number of hydrogen-bond acceptors (Lipinski definition) is 4. The predicted molar refractivity (Wildman–Crippen MR) is 93.3 cm³/mol. The average Bonchev–Trinajstić information content (AvgIpc) is 2.98. The molecule has 5 heteroatoms. The Hall–Kier alpha value is -2.82. The van der Waals surface area contributed by atoms with E-state index in [9.17, 15) is 4.79 Å². The molecule has 0 atom stereocenters. The van der Waals surface area contributed by atoms with Crippen LogP contribution >= 0.6 is 0 Å². The topological polar surface area (TPSA) is 49.6 Å². The van der Waals surface area contributed by atoms with Crippen LogP contribution in [0.4, 0.5) is 5.82 Å². The number of hydrogen-bond donors (Lipinski definition) is 0. The van der Waals surface area contributed by atoms with E-state index in [2.05, 4.69) is 9.88 Å². The Bertz CT molecular complexity index is 865. The summed E-state index contributed by atoms with van der Waals surface area (Å²) in [6, 6.07) is 13.6. The van der Waals surface area contributed by atoms with Crippen LogP contribution in [0.2, 0.25) is 0 Å². The number of anilines is 1. The van der Waals surface area contributed by atoms with Crippen LogP contribution < -0.4 is 4.90 Å². The number of rotatable bonds is 2. The number of benzene rings is 1. The van der Waals surface area contributed by atoms with Gasteiger partial charge in [-0.1, -0.05) is 24.3 Å². The third kappa shape index (κ3) is 2.52. The van der Waals surface area contributed by atoms with Gasteiger partial charge in [-0.25, -0.2) is 4.98 Å². The molecule has 1 fully saturated rings. The maximum atomic E-state index is 13.0. The van der Waals surface area contributed by atoms with Crippen molar-refractivity contribution >= 4 is 22.7 Å². The van der Waals surface area contributed by atoms with Crippen LogP contribution in [0.1, 0.15) is 16.1 Å². The predicted octanol–water partition coefficient (Wildman–Crippen LogP) is 3.10. The number of amides is 1. The molecule has 3 heterocycles. The van der Waals surface area contributed by atoms with Gasteiger partial charge in [0.2, 0.25) is 0 Å². The fraction of sp³-hybridized carbons (Fsp3) is 0.263. The lowest BCUT2D eigenvalue weighted by atomic mass is 10.1. The highest BCUT2D eigenvalue weighted by Gasteiger charge is 2.26. The SMILES string of the molecule is Cc1oc2ccccc2c1C(=O)N1CCN(c2ccccn2)CC1. The summed E-state index contributed by atoms with van der Waals surface area (Å²) in [4.78, 5) is 21.5. The van der Waals surface area contributed by atoms with E-state index in [0.717, 1.165) is 29.9 Å². The number of aryl methyl sites for hydroxylation is 1. The largest absolute Gasteiger partial charge is 0.461 e. The number of nitrogens with zero attached hydrogens (tertiary/aromatic N) is 3. The van der Waals surface area contributed by atoms with Gasteiger partial charge in [0.15, 0.2) is 0 Å². The van der Waals surface area contributed by atoms with Gasteiger partial charge in [0.05, 0.1) is 5.56 Å². The van der Waals surface area contributed by atoms with E-state index in [1.165, 1.54) is 0 Å². The second kappa shape index (κ2) is 6.00. The number of carbonyl (C=O) groups excluding carboxylic acids is 1. The maximum Gasteiger partial charge on any atom is 0.258 e. The molecular formula is C19H19N3O2. The lowest BCUT2D eigenvalue weighted by Gasteiger charge is -2.35. The molecule has 1 amide bonds. The average molecular weight is 321 g/mol. The van der Waals surface area contributed by atoms with Gasteiger partial charge in [-0.05, 0) is 25.1 Å². The lowest BCUT2D eigenvalue weighted by molar-refractivity contribution is 0.0746. The van der Waals surface area contributed by atoms with E-state index in [1.807, 2.05) is 54.3 Å². The molecule has 4 rings (SSSR count). The summed E-state index contributed by atoms with van der Waals surface area (Å²) in [7, 11) is 0. The minimum Gasteiger partial charge on any atom is -0.461 e. The molecule has 1 aromatic carbocycles. The van der Waals surface area contributed by atoms with E-state index in [0.29, 0.717) is 24.4 Å². The zero-order valence-electron chi connectivity index (χ0n) is 13.6. The molecule has 0 radical (unpaired) electrons. The van der Waals surface area contributed by atoms with Crippen LogP contribution in [0.25, 0.3) is 11.0 Å². The molecular weight excluding hydrogens is 302 g/mol. The van der Waals surface area contributed by atoms with Crippen molar-refractivity contribution in [2.45, 2.75) is 6.92 Å². The lowest BCUT2D eigenvalue weighted by Crippen LogP contribution is -2.49. The van der Waals surface area contributed by atoms with Gasteiger partial charge in [0, 0.05) is 37.8 Å². The van der Waals surface area contributed by atoms with Gasteiger partial charge >= 0.3 is 0 Å². The molecule has 1 saturated heterocycles. The molecule has 2 aromatic heterocycles. The van der Waals surface area contributed by atoms with Crippen molar-refractivity contribution in [3.05, 3.63) is 60.0 Å². The molecule has 0 N–H and O–H groups in total. The van der Waals surface area contributed by atoms with E-state index < -0.39 is 0 Å². The first kappa shape index (κ1) is 14.8. The molecule has 3 aromatic rings. The molecule has 0 spiro atoms. The minimum atomic E-state index is 0.0538. The summed E-state index contributed by atoms with van der Waals surface area (Å²) in [5.41, 5.74) is 1.46. The van der Waals surface area contributed by atoms with Crippen molar-refractivity contribution in [1.29, 1.82) is 0 Å². The Kier molecular flexibility index (Phi) is 3.69. The molecule has 122 valence electrons. The quantitative estimate of drug-likeness (QED) is 0.728. The normalized spacial score (nSPS) is 15.0. The Morgan fingerprint density at radius 1 is 1.04 bits per heavy atom. The summed E-state index contributed by atoms with van der Waals surface area (Å²) in [6.45, 7) is 4.81. The smallest absolute Gasteiger partial charge is 0.258 e. The third-order valence-corrected chi connectivity index (χ3v) is 4.53. The summed E-state index contributed by atoms with van der Waals surface area (Å²) in [5, 5.41) is 0.896. The van der Waals surface area contributed by atoms with Gasteiger partial charge < -0.3 is 14.2 Å². The van der Waals surface area contributed by atoms with E-state index >= 15 is 0 Å². The zero-order valence-corrected chi connectivity index (χ0v) is 13.6. The van der Waals surface area contributed by atoms with E-state index in [4.69, 9.17) is 4.42 Å². The van der Waals surface area contributed by atoms with Crippen molar-refractivity contribution in [2.24, 2.45) is 0 Å². The van der Waals surface area contributed by atoms with Crippen LogP contribution in [0.5, 0.6) is 0 Å². The number of aromatic nitrogens is 1. The number of pyridine rings is 1. The van der Waals surface area contributed by atoms with Crippen LogP contribution in [0.15, 0.2) is 53.1 Å². The number of furan rings is 1. The summed E-state index contributed by atoms with van der Waals surface area (Å²) in [5.74, 6) is 1.71. The minimum absolute atomic E-state index is 0.0538. The molecule has 0 bridgehead atoms. The Labute approximate surface area is 140 Å². The van der Waals surface area contributed by atoms with Crippen molar-refractivity contribution in [3.8, 4) is 0 Å². The Balaban J connectivity index is 1.53. The standard InChI is InChI=1S/C19H19N3O2/c1-14-18(15-6-2-3-7-16(15)24-14)19(23)22-12-10-21(11-13-22)17-8-4-5-9-20-17/h2-9H,10-13H2,1H3. The highest BCUT2D eigenvalue weighted by Crippen LogP contribution is 2.27. The number of para-hydroxylation sites is 1. The zero-order chi connectivity index (χ0) is 16.5. The molecule has 0 saturated carbocycles. The van der Waals surface area contributed by atoms with Crippen LogP contribution in [-0.4, -0.2) is 42.0 Å². The van der Waals surface area contributed by atoms with Gasteiger partial charge in [-0.3, -0.25) is 4.79 Å². The highest BCUT2D eigenvalue weighted by atomic mass is 16.3. The summed E-state index contributed by atoms with van der Waals surface area (Å²) < 4.78 is 5.73. The van der Waals surface area contributed by atoms with Crippen LogP contribution in [0.3, 0.4) is 0 Å². The fourth-order valence-electron chi connectivity index (χ4n) is 3.27. The van der Waals surface area contributed by atoms with Crippen LogP contribution in [-0.2, 0) is 0 Å². The number of carbonyl (C=O) groups is 1. The Morgan fingerprint density at radius 2 is 1.79 bits per heavy atom. The van der Waals surface area contributed by atoms with Gasteiger partial charge in [-0.15, -0.1) is 0 Å².